The number of carbonyl (C=O) groups is 1. The van der Waals surface area contributed by atoms with Gasteiger partial charge < -0.3 is 5.73 Å². The summed E-state index contributed by atoms with van der Waals surface area (Å²) in [5.74, 6) is 0. The zero-order chi connectivity index (χ0) is 13.9. The maximum absolute atomic E-state index is 11.7. The fraction of sp³-hybridized carbons (Fsp3) is 0.400. The number of primary amides is 1. The van der Waals surface area contributed by atoms with Crippen LogP contribution < -0.4 is 10.6 Å². The Morgan fingerprint density at radius 3 is 2.50 bits per heavy atom. The molecule has 98 valence electrons. The van der Waals surface area contributed by atoms with E-state index in [0.717, 1.165) is 16.8 Å². The summed E-state index contributed by atoms with van der Waals surface area (Å²) in [6.45, 7) is 12.6. The highest BCUT2D eigenvalue weighted by molar-refractivity contribution is 5.93. The van der Waals surface area contributed by atoms with E-state index in [0.29, 0.717) is 6.54 Å². The van der Waals surface area contributed by atoms with E-state index in [2.05, 4.69) is 27.4 Å². The Morgan fingerprint density at radius 1 is 1.44 bits per heavy atom. The molecule has 0 spiro atoms. The van der Waals surface area contributed by atoms with E-state index >= 15 is 0 Å². The lowest BCUT2D eigenvalue weighted by atomic mass is 9.95. The molecule has 0 fully saturated rings. The molecule has 0 heterocycles. The van der Waals surface area contributed by atoms with Gasteiger partial charge in [0.2, 0.25) is 0 Å². The number of rotatable bonds is 3. The first-order valence-corrected chi connectivity index (χ1v) is 6.04. The molecule has 1 aromatic carbocycles. The van der Waals surface area contributed by atoms with Gasteiger partial charge in [0.25, 0.3) is 0 Å². The number of urea groups is 1. The van der Waals surface area contributed by atoms with Crippen LogP contribution in [0.25, 0.3) is 6.08 Å². The molecule has 1 aromatic rings. The van der Waals surface area contributed by atoms with Gasteiger partial charge in [-0.3, -0.25) is 4.90 Å². The van der Waals surface area contributed by atoms with Gasteiger partial charge in [-0.05, 0) is 29.5 Å². The second-order valence-corrected chi connectivity index (χ2v) is 5.75. The Hall–Kier alpha value is -1.77. The molecule has 1 rings (SSSR count). The Bertz CT molecular complexity index is 458. The summed E-state index contributed by atoms with van der Waals surface area (Å²) in [5.41, 5.74) is 8.33. The SMILES string of the molecule is C=Cc1ccc(C)cc1N(CC(C)(C)C)C(N)=O. The van der Waals surface area contributed by atoms with Crippen LogP contribution in [0.15, 0.2) is 24.8 Å². The highest BCUT2D eigenvalue weighted by atomic mass is 16.2. The molecule has 0 bridgehead atoms. The molecule has 0 aliphatic rings. The van der Waals surface area contributed by atoms with Crippen LogP contribution in [-0.2, 0) is 0 Å². The van der Waals surface area contributed by atoms with Crippen LogP contribution in [0.3, 0.4) is 0 Å². The molecule has 0 unspecified atom stereocenters. The van der Waals surface area contributed by atoms with E-state index in [4.69, 9.17) is 5.73 Å². The van der Waals surface area contributed by atoms with Crippen molar-refractivity contribution in [2.24, 2.45) is 11.1 Å². The first-order valence-electron chi connectivity index (χ1n) is 6.04. The lowest BCUT2D eigenvalue weighted by Crippen LogP contribution is -2.41. The number of carbonyl (C=O) groups excluding carboxylic acids is 1. The van der Waals surface area contributed by atoms with Crippen molar-refractivity contribution in [3.63, 3.8) is 0 Å². The van der Waals surface area contributed by atoms with Crippen LogP contribution in [0.4, 0.5) is 10.5 Å². The summed E-state index contributed by atoms with van der Waals surface area (Å²) in [4.78, 5) is 13.3. The molecule has 0 aliphatic carbocycles. The topological polar surface area (TPSA) is 46.3 Å². The number of amides is 2. The van der Waals surface area contributed by atoms with E-state index in [1.807, 2.05) is 25.1 Å². The van der Waals surface area contributed by atoms with Gasteiger partial charge >= 0.3 is 6.03 Å². The monoisotopic (exact) mass is 246 g/mol. The number of hydrogen-bond acceptors (Lipinski definition) is 1. The standard InChI is InChI=1S/C15H22N2O/c1-6-12-8-7-11(2)9-13(12)17(14(16)18)10-15(3,4)5/h6-9H,1,10H2,2-5H3,(H2,16,18). The van der Waals surface area contributed by atoms with E-state index in [9.17, 15) is 4.79 Å². The largest absolute Gasteiger partial charge is 0.351 e. The van der Waals surface area contributed by atoms with E-state index < -0.39 is 6.03 Å². The molecule has 18 heavy (non-hydrogen) atoms. The van der Waals surface area contributed by atoms with Crippen molar-refractivity contribution in [1.82, 2.24) is 0 Å². The van der Waals surface area contributed by atoms with Gasteiger partial charge in [0, 0.05) is 6.54 Å². The Kier molecular flexibility index (Phi) is 4.17. The van der Waals surface area contributed by atoms with Crippen molar-refractivity contribution < 1.29 is 4.79 Å². The molecular formula is C15H22N2O. The molecule has 0 aromatic heterocycles. The highest BCUT2D eigenvalue weighted by Crippen LogP contribution is 2.26. The average Bonchev–Trinajstić information content (AvgIpc) is 2.24. The molecule has 3 heteroatoms. The number of hydrogen-bond donors (Lipinski definition) is 1. The van der Waals surface area contributed by atoms with Crippen LogP contribution in [-0.4, -0.2) is 12.6 Å². The van der Waals surface area contributed by atoms with Crippen LogP contribution in [0.2, 0.25) is 0 Å². The Labute approximate surface area is 109 Å². The van der Waals surface area contributed by atoms with Gasteiger partial charge in [-0.15, -0.1) is 0 Å². The molecule has 2 N–H and O–H groups in total. The summed E-state index contributed by atoms with van der Waals surface area (Å²) in [5, 5.41) is 0. The normalized spacial score (nSPS) is 11.1. The lowest BCUT2D eigenvalue weighted by molar-refractivity contribution is 0.250. The van der Waals surface area contributed by atoms with Gasteiger partial charge in [-0.2, -0.15) is 0 Å². The predicted octanol–water partition coefficient (Wildman–Crippen LogP) is 3.57. The second kappa shape index (κ2) is 5.25. The summed E-state index contributed by atoms with van der Waals surface area (Å²) in [7, 11) is 0. The minimum Gasteiger partial charge on any atom is -0.351 e. The summed E-state index contributed by atoms with van der Waals surface area (Å²) < 4.78 is 0. The van der Waals surface area contributed by atoms with Crippen LogP contribution >= 0.6 is 0 Å². The second-order valence-electron chi connectivity index (χ2n) is 5.75. The highest BCUT2D eigenvalue weighted by Gasteiger charge is 2.22. The van der Waals surface area contributed by atoms with Gasteiger partial charge in [0.1, 0.15) is 0 Å². The zero-order valence-corrected chi connectivity index (χ0v) is 11.7. The quantitative estimate of drug-likeness (QED) is 0.870. The summed E-state index contributed by atoms with van der Waals surface area (Å²) >= 11 is 0. The lowest BCUT2D eigenvalue weighted by Gasteiger charge is -2.30. The van der Waals surface area contributed by atoms with E-state index in [1.165, 1.54) is 0 Å². The number of nitrogens with two attached hydrogens (primary N) is 1. The van der Waals surface area contributed by atoms with Crippen LogP contribution in [0, 0.1) is 12.3 Å². The smallest absolute Gasteiger partial charge is 0.319 e. The van der Waals surface area contributed by atoms with Crippen LogP contribution in [0.1, 0.15) is 31.9 Å². The molecule has 0 saturated heterocycles. The van der Waals surface area contributed by atoms with Gasteiger partial charge in [-0.25, -0.2) is 4.79 Å². The van der Waals surface area contributed by atoms with Gasteiger partial charge in [-0.1, -0.05) is 45.6 Å². The third-order valence-corrected chi connectivity index (χ3v) is 2.60. The van der Waals surface area contributed by atoms with Crippen molar-refractivity contribution in [1.29, 1.82) is 0 Å². The third kappa shape index (κ3) is 3.62. The van der Waals surface area contributed by atoms with Crippen molar-refractivity contribution in [2.45, 2.75) is 27.7 Å². The minimum atomic E-state index is -0.432. The molecule has 3 nitrogen and oxygen atoms in total. The third-order valence-electron chi connectivity index (χ3n) is 2.60. The van der Waals surface area contributed by atoms with E-state index in [1.54, 1.807) is 11.0 Å². The first-order chi connectivity index (χ1) is 8.24. The predicted molar refractivity (Wildman–Crippen MR) is 77.7 cm³/mol. The summed E-state index contributed by atoms with van der Waals surface area (Å²) in [6.07, 6.45) is 1.74. The molecule has 0 saturated carbocycles. The Morgan fingerprint density at radius 2 is 2.06 bits per heavy atom. The fourth-order valence-electron chi connectivity index (χ4n) is 1.82. The Balaban J connectivity index is 3.25. The maximum Gasteiger partial charge on any atom is 0.319 e. The van der Waals surface area contributed by atoms with Gasteiger partial charge in [0.15, 0.2) is 0 Å². The van der Waals surface area contributed by atoms with Crippen molar-refractivity contribution >= 4 is 17.8 Å². The molecule has 0 radical (unpaired) electrons. The minimum absolute atomic E-state index is 0.0167. The number of nitrogens with zero attached hydrogens (tertiary/aromatic N) is 1. The number of aryl methyl sites for hydroxylation is 1. The fourth-order valence-corrected chi connectivity index (χ4v) is 1.82. The maximum atomic E-state index is 11.7. The summed E-state index contributed by atoms with van der Waals surface area (Å²) in [6, 6.07) is 5.49. The van der Waals surface area contributed by atoms with Crippen LogP contribution in [0.5, 0.6) is 0 Å². The molecule has 0 aliphatic heterocycles. The molecule has 2 amide bonds. The molecule has 0 atom stereocenters. The average molecular weight is 246 g/mol. The molecular weight excluding hydrogens is 224 g/mol. The first kappa shape index (κ1) is 14.3. The van der Waals surface area contributed by atoms with Crippen molar-refractivity contribution in [3.05, 3.63) is 35.9 Å². The number of benzene rings is 1. The van der Waals surface area contributed by atoms with Crippen molar-refractivity contribution in [2.75, 3.05) is 11.4 Å². The zero-order valence-electron chi connectivity index (χ0n) is 11.7. The van der Waals surface area contributed by atoms with Crippen molar-refractivity contribution in [3.8, 4) is 0 Å². The van der Waals surface area contributed by atoms with E-state index in [-0.39, 0.29) is 5.41 Å². The van der Waals surface area contributed by atoms with Gasteiger partial charge in [0.05, 0.1) is 5.69 Å². The number of anilines is 1.